The number of halogens is 1. The predicted octanol–water partition coefficient (Wildman–Crippen LogP) is 8.69. The molecule has 258 valence electrons. The molecular weight excluding hydrogens is 626 g/mol. The summed E-state index contributed by atoms with van der Waals surface area (Å²) in [5.41, 5.74) is 4.37. The number of nitrogens with zero attached hydrogens (tertiary/aromatic N) is 1. The lowest BCUT2D eigenvalue weighted by Crippen LogP contribution is -2.44. The van der Waals surface area contributed by atoms with Crippen molar-refractivity contribution in [2.75, 3.05) is 12.0 Å². The average molecular weight is 676 g/mol. The highest BCUT2D eigenvalue weighted by atomic mass is 35.5. The highest BCUT2D eigenvalue weighted by Crippen LogP contribution is 2.44. The van der Waals surface area contributed by atoms with Crippen LogP contribution in [-0.2, 0) is 16.0 Å². The lowest BCUT2D eigenvalue weighted by molar-refractivity contribution is -0.118. The zero-order chi connectivity index (χ0) is 34.6. The molecule has 2 N–H and O–H groups in total. The van der Waals surface area contributed by atoms with Crippen molar-refractivity contribution in [3.05, 3.63) is 87.9 Å². The van der Waals surface area contributed by atoms with Gasteiger partial charge < -0.3 is 29.7 Å². The highest BCUT2D eigenvalue weighted by molar-refractivity contribution is 6.30. The largest absolute Gasteiger partial charge is 0.493 e. The summed E-state index contributed by atoms with van der Waals surface area (Å²) >= 11 is 6.29. The van der Waals surface area contributed by atoms with Gasteiger partial charge in [-0.15, -0.1) is 0 Å². The number of nitrogens with one attached hydrogen (secondary N) is 2. The Morgan fingerprint density at radius 3 is 2.21 bits per heavy atom. The minimum atomic E-state index is -0.504. The summed E-state index contributed by atoms with van der Waals surface area (Å²) in [5, 5.41) is 7.45. The molecule has 9 heteroatoms. The minimum absolute atomic E-state index is 0.00997. The Morgan fingerprint density at radius 2 is 1.60 bits per heavy atom. The van der Waals surface area contributed by atoms with E-state index in [0.29, 0.717) is 22.6 Å². The molecule has 1 saturated carbocycles. The number of carbonyl (C=O) groups is 2. The first-order chi connectivity index (χ1) is 22.8. The van der Waals surface area contributed by atoms with E-state index < -0.39 is 5.60 Å². The van der Waals surface area contributed by atoms with Gasteiger partial charge in [0.15, 0.2) is 11.5 Å². The minimum Gasteiger partial charge on any atom is -0.493 e. The molecular formula is C39H50ClN3O5. The van der Waals surface area contributed by atoms with Crippen LogP contribution in [0.25, 0.3) is 0 Å². The number of amides is 2. The first-order valence-electron chi connectivity index (χ1n) is 17.2. The molecule has 0 aromatic heterocycles. The van der Waals surface area contributed by atoms with Crippen molar-refractivity contribution in [1.29, 1.82) is 0 Å². The normalized spacial score (nSPS) is 20.8. The van der Waals surface area contributed by atoms with E-state index >= 15 is 0 Å². The molecule has 5 rings (SSSR count). The zero-order valence-corrected chi connectivity index (χ0v) is 30.0. The van der Waals surface area contributed by atoms with Crippen molar-refractivity contribution < 1.29 is 23.8 Å². The van der Waals surface area contributed by atoms with Crippen LogP contribution in [0.1, 0.15) is 108 Å². The number of fused-ring (bicyclic) bond motifs is 1. The van der Waals surface area contributed by atoms with E-state index in [-0.39, 0.29) is 42.7 Å². The highest BCUT2D eigenvalue weighted by Gasteiger charge is 2.36. The van der Waals surface area contributed by atoms with E-state index in [1.54, 1.807) is 7.11 Å². The number of hydrogen-bond acceptors (Lipinski definition) is 6. The van der Waals surface area contributed by atoms with Crippen LogP contribution in [0.2, 0.25) is 5.02 Å². The summed E-state index contributed by atoms with van der Waals surface area (Å²) in [7, 11) is 1.63. The molecule has 0 bridgehead atoms. The van der Waals surface area contributed by atoms with Gasteiger partial charge in [0.05, 0.1) is 25.7 Å². The van der Waals surface area contributed by atoms with Crippen LogP contribution in [0.4, 0.5) is 10.5 Å². The Hall–Kier alpha value is -3.75. The number of hydrogen-bond donors (Lipinski definition) is 2. The molecule has 2 aliphatic rings. The molecule has 0 radical (unpaired) electrons. The van der Waals surface area contributed by atoms with Crippen LogP contribution in [0.15, 0.2) is 60.7 Å². The van der Waals surface area contributed by atoms with Crippen LogP contribution >= 0.6 is 11.6 Å². The topological polar surface area (TPSA) is 89.1 Å². The van der Waals surface area contributed by atoms with Crippen LogP contribution < -0.4 is 25.0 Å². The maximum atomic E-state index is 13.9. The van der Waals surface area contributed by atoms with Crippen LogP contribution in [-0.4, -0.2) is 42.9 Å². The van der Waals surface area contributed by atoms with Gasteiger partial charge in [0.1, 0.15) is 5.60 Å². The summed E-state index contributed by atoms with van der Waals surface area (Å²) in [6.45, 7) is 11.9. The molecule has 1 fully saturated rings. The van der Waals surface area contributed by atoms with E-state index in [1.807, 2.05) is 81.1 Å². The number of ether oxygens (including phenoxy) is 3. The maximum absolute atomic E-state index is 13.9. The SMILES string of the molecule is CC[C@@H](C)Oc1cc2c(cc1OC)CC(=O)N(c1ccc(C(C)NC3CCC(NC(=O)OC(C)(C)C)CC3)cc1)C2c1ccc(Cl)cc1. The van der Waals surface area contributed by atoms with Gasteiger partial charge in [-0.05, 0) is 125 Å². The Morgan fingerprint density at radius 1 is 0.958 bits per heavy atom. The summed E-state index contributed by atoms with van der Waals surface area (Å²) in [6.07, 6.45) is 4.54. The van der Waals surface area contributed by atoms with Gasteiger partial charge in [-0.25, -0.2) is 4.79 Å². The lowest BCUT2D eigenvalue weighted by Gasteiger charge is -2.38. The second kappa shape index (κ2) is 15.2. The molecule has 3 aromatic rings. The third-order valence-electron chi connectivity index (χ3n) is 9.28. The van der Waals surface area contributed by atoms with Crippen molar-refractivity contribution >= 4 is 29.3 Å². The molecule has 0 saturated heterocycles. The predicted molar refractivity (Wildman–Crippen MR) is 191 cm³/mol. The van der Waals surface area contributed by atoms with E-state index in [4.69, 9.17) is 25.8 Å². The Bertz CT molecular complexity index is 1560. The molecule has 48 heavy (non-hydrogen) atoms. The molecule has 2 unspecified atom stereocenters. The average Bonchev–Trinajstić information content (AvgIpc) is 3.04. The molecule has 1 aliphatic carbocycles. The van der Waals surface area contributed by atoms with Crippen molar-refractivity contribution in [1.82, 2.24) is 10.6 Å². The first-order valence-corrected chi connectivity index (χ1v) is 17.5. The Balaban J connectivity index is 1.33. The number of benzene rings is 3. The third kappa shape index (κ3) is 8.63. The fraction of sp³-hybridized carbons (Fsp3) is 0.487. The van der Waals surface area contributed by atoms with Crippen LogP contribution in [0.3, 0.4) is 0 Å². The molecule has 1 aliphatic heterocycles. The van der Waals surface area contributed by atoms with E-state index in [0.717, 1.165) is 60.0 Å². The number of alkyl carbamates (subject to hydrolysis) is 1. The van der Waals surface area contributed by atoms with Crippen LogP contribution in [0, 0.1) is 0 Å². The van der Waals surface area contributed by atoms with Gasteiger partial charge in [-0.1, -0.05) is 42.8 Å². The zero-order valence-electron chi connectivity index (χ0n) is 29.3. The van der Waals surface area contributed by atoms with Gasteiger partial charge in [0, 0.05) is 28.8 Å². The van der Waals surface area contributed by atoms with E-state index in [1.165, 1.54) is 0 Å². The molecule has 0 spiro atoms. The summed E-state index contributed by atoms with van der Waals surface area (Å²) in [6, 6.07) is 20.2. The number of methoxy groups -OCH3 is 1. The molecule has 3 atom stereocenters. The molecule has 1 heterocycles. The van der Waals surface area contributed by atoms with Gasteiger partial charge in [-0.3, -0.25) is 4.79 Å². The summed E-state index contributed by atoms with van der Waals surface area (Å²) < 4.78 is 17.4. The van der Waals surface area contributed by atoms with Crippen LogP contribution in [0.5, 0.6) is 11.5 Å². The number of carbonyl (C=O) groups excluding carboxylic acids is 2. The van der Waals surface area contributed by atoms with E-state index in [2.05, 4.69) is 36.6 Å². The lowest BCUT2D eigenvalue weighted by atomic mass is 9.86. The van der Waals surface area contributed by atoms with Crippen molar-refractivity contribution in [2.45, 2.75) is 116 Å². The van der Waals surface area contributed by atoms with Gasteiger partial charge >= 0.3 is 6.09 Å². The molecule has 8 nitrogen and oxygen atoms in total. The molecule has 2 amide bonds. The Kier molecular flexibility index (Phi) is 11.3. The maximum Gasteiger partial charge on any atom is 0.407 e. The summed E-state index contributed by atoms with van der Waals surface area (Å²) in [5.74, 6) is 1.31. The second-order valence-electron chi connectivity index (χ2n) is 14.1. The fourth-order valence-electron chi connectivity index (χ4n) is 6.63. The number of rotatable bonds is 10. The van der Waals surface area contributed by atoms with Crippen molar-refractivity contribution in [2.24, 2.45) is 0 Å². The third-order valence-corrected chi connectivity index (χ3v) is 9.53. The van der Waals surface area contributed by atoms with Gasteiger partial charge in [-0.2, -0.15) is 0 Å². The van der Waals surface area contributed by atoms with Crippen molar-refractivity contribution in [3.8, 4) is 11.5 Å². The fourth-order valence-corrected chi connectivity index (χ4v) is 6.75. The summed E-state index contributed by atoms with van der Waals surface area (Å²) in [4.78, 5) is 28.0. The van der Waals surface area contributed by atoms with Gasteiger partial charge in [0.2, 0.25) is 5.91 Å². The smallest absolute Gasteiger partial charge is 0.407 e. The first kappa shape index (κ1) is 35.6. The molecule has 3 aromatic carbocycles. The monoisotopic (exact) mass is 675 g/mol. The Labute approximate surface area is 290 Å². The standard InChI is InChI=1S/C39H50ClN3O5/c1-8-24(2)47-35-23-33-28(21-34(35)46-7)22-36(44)43(37(33)27-9-13-29(40)14-10-27)32-19-11-26(12-20-32)25(3)41-30-15-17-31(18-16-30)42-38(45)48-39(4,5)6/h9-14,19-21,23-25,30-31,37,41H,8,15-18,22H2,1-7H3,(H,42,45)/t24-,25?,30?,31?,37?/m1/s1. The van der Waals surface area contributed by atoms with Crippen molar-refractivity contribution in [3.63, 3.8) is 0 Å². The van der Waals surface area contributed by atoms with Gasteiger partial charge in [0.25, 0.3) is 0 Å². The van der Waals surface area contributed by atoms with E-state index in [9.17, 15) is 9.59 Å². The quantitative estimate of drug-likeness (QED) is 0.224. The second-order valence-corrected chi connectivity index (χ2v) is 14.5. The number of anilines is 1.